The second-order valence-corrected chi connectivity index (χ2v) is 2.97. The third-order valence-electron chi connectivity index (χ3n) is 1.23. The summed E-state index contributed by atoms with van der Waals surface area (Å²) in [6.07, 6.45) is 1.49. The van der Waals surface area contributed by atoms with E-state index >= 15 is 0 Å². The highest BCUT2D eigenvalue weighted by molar-refractivity contribution is 9.10. The molecule has 0 amide bonds. The first-order valence-electron chi connectivity index (χ1n) is 3.11. The maximum Gasteiger partial charge on any atom is 0.133 e. The third-order valence-corrected chi connectivity index (χ3v) is 1.72. The van der Waals surface area contributed by atoms with Gasteiger partial charge in [-0.05, 0) is 18.2 Å². The predicted molar refractivity (Wildman–Crippen MR) is 47.6 cm³/mol. The molecule has 0 aromatic heterocycles. The van der Waals surface area contributed by atoms with E-state index in [1.165, 1.54) is 12.3 Å². The molecule has 0 N–H and O–H groups in total. The molecule has 0 fully saturated rings. The van der Waals surface area contributed by atoms with E-state index in [1.807, 2.05) is 0 Å². The van der Waals surface area contributed by atoms with Gasteiger partial charge >= 0.3 is 0 Å². The van der Waals surface area contributed by atoms with Gasteiger partial charge in [0.05, 0.1) is 0 Å². The van der Waals surface area contributed by atoms with Crippen LogP contribution in [0.1, 0.15) is 5.56 Å². The van der Waals surface area contributed by atoms with E-state index in [4.69, 9.17) is 0 Å². The molecule has 0 aliphatic heterocycles. The lowest BCUT2D eigenvalue weighted by molar-refractivity contribution is 0.625. The molecule has 0 saturated heterocycles. The van der Waals surface area contributed by atoms with E-state index in [0.29, 0.717) is 5.56 Å². The van der Waals surface area contributed by atoms with Crippen molar-refractivity contribution in [1.29, 1.82) is 0 Å². The molecule has 1 aromatic rings. The fourth-order valence-electron chi connectivity index (χ4n) is 0.745. The van der Waals surface area contributed by atoms with Crippen LogP contribution in [0.4, 0.5) is 4.39 Å². The Hall–Kier alpha value is -0.700. The molecule has 1 nitrogen and oxygen atoms in total. The number of hydrogen-bond acceptors (Lipinski definition) is 1. The molecule has 0 aliphatic rings. The Bertz CT molecular complexity index is 283. The smallest absolute Gasteiger partial charge is 0.133 e. The lowest BCUT2D eigenvalue weighted by atomic mass is 10.2. The zero-order valence-electron chi connectivity index (χ0n) is 6.01. The van der Waals surface area contributed by atoms with Gasteiger partial charge in [-0.15, -0.1) is 0 Å². The zero-order valence-corrected chi connectivity index (χ0v) is 7.60. The third kappa shape index (κ3) is 2.12. The van der Waals surface area contributed by atoms with E-state index in [2.05, 4.69) is 20.9 Å². The van der Waals surface area contributed by atoms with Crippen LogP contribution in [0.25, 0.3) is 0 Å². The zero-order chi connectivity index (χ0) is 8.27. The van der Waals surface area contributed by atoms with E-state index in [9.17, 15) is 4.39 Å². The fourth-order valence-corrected chi connectivity index (χ4v) is 1.08. The van der Waals surface area contributed by atoms with Gasteiger partial charge in [0.2, 0.25) is 0 Å². The summed E-state index contributed by atoms with van der Waals surface area (Å²) in [6.45, 7) is 0. The van der Waals surface area contributed by atoms with Crippen LogP contribution in [-0.4, -0.2) is 13.3 Å². The summed E-state index contributed by atoms with van der Waals surface area (Å²) in [5.41, 5.74) is 0.510. The van der Waals surface area contributed by atoms with Crippen molar-refractivity contribution in [3.05, 3.63) is 34.1 Å². The van der Waals surface area contributed by atoms with Crippen molar-refractivity contribution in [1.82, 2.24) is 0 Å². The van der Waals surface area contributed by atoms with Crippen LogP contribution in [0.3, 0.4) is 0 Å². The van der Waals surface area contributed by atoms with Gasteiger partial charge in [-0.3, -0.25) is 4.99 Å². The van der Waals surface area contributed by atoms with Gasteiger partial charge in [-0.1, -0.05) is 15.9 Å². The molecule has 0 heterocycles. The predicted octanol–water partition coefficient (Wildman–Crippen LogP) is 2.64. The maximum atomic E-state index is 12.9. The molecule has 1 rings (SSSR count). The van der Waals surface area contributed by atoms with Crippen LogP contribution in [-0.2, 0) is 0 Å². The highest BCUT2D eigenvalue weighted by atomic mass is 79.9. The monoisotopic (exact) mass is 215 g/mol. The van der Waals surface area contributed by atoms with Crippen molar-refractivity contribution in [3.63, 3.8) is 0 Å². The minimum atomic E-state index is -0.259. The Kier molecular flexibility index (Phi) is 2.76. The molecular formula is C8H7BrFN. The lowest BCUT2D eigenvalue weighted by Gasteiger charge is -1.95. The summed E-state index contributed by atoms with van der Waals surface area (Å²) in [6, 6.07) is 4.86. The SMILES string of the molecule is C/N=C/c1ccc(Br)cc1F. The first kappa shape index (κ1) is 8.40. The highest BCUT2D eigenvalue weighted by Crippen LogP contribution is 2.13. The Labute approximate surface area is 73.1 Å². The molecule has 0 bridgehead atoms. The van der Waals surface area contributed by atoms with Crippen molar-refractivity contribution in [2.45, 2.75) is 0 Å². The summed E-state index contributed by atoms with van der Waals surface area (Å²) in [5, 5.41) is 0. The molecule has 0 radical (unpaired) electrons. The summed E-state index contributed by atoms with van der Waals surface area (Å²) in [4.78, 5) is 3.72. The van der Waals surface area contributed by atoms with Crippen molar-refractivity contribution in [3.8, 4) is 0 Å². The number of halogens is 2. The summed E-state index contributed by atoms with van der Waals surface area (Å²) in [5.74, 6) is -0.259. The molecule has 3 heteroatoms. The van der Waals surface area contributed by atoms with E-state index in [-0.39, 0.29) is 5.82 Å². The van der Waals surface area contributed by atoms with Gasteiger partial charge in [0, 0.05) is 23.3 Å². The lowest BCUT2D eigenvalue weighted by Crippen LogP contribution is -1.86. The minimum absolute atomic E-state index is 0.259. The van der Waals surface area contributed by atoms with Crippen LogP contribution in [0.15, 0.2) is 27.7 Å². The van der Waals surface area contributed by atoms with Crippen LogP contribution in [0.5, 0.6) is 0 Å². The second kappa shape index (κ2) is 3.62. The van der Waals surface area contributed by atoms with Crippen LogP contribution >= 0.6 is 15.9 Å². The standard InChI is InChI=1S/C8H7BrFN/c1-11-5-6-2-3-7(9)4-8(6)10/h2-5H,1H3/b11-5+. The average molecular weight is 216 g/mol. The van der Waals surface area contributed by atoms with Crippen LogP contribution in [0.2, 0.25) is 0 Å². The van der Waals surface area contributed by atoms with Crippen molar-refractivity contribution < 1.29 is 4.39 Å². The molecule has 0 atom stereocenters. The first-order chi connectivity index (χ1) is 5.24. The van der Waals surface area contributed by atoms with Crippen molar-refractivity contribution in [2.24, 2.45) is 4.99 Å². The van der Waals surface area contributed by atoms with E-state index in [0.717, 1.165) is 4.47 Å². The van der Waals surface area contributed by atoms with E-state index < -0.39 is 0 Å². The normalized spacial score (nSPS) is 10.8. The molecule has 0 saturated carbocycles. The summed E-state index contributed by atoms with van der Waals surface area (Å²) < 4.78 is 13.7. The molecular weight excluding hydrogens is 209 g/mol. The number of hydrogen-bond donors (Lipinski definition) is 0. The van der Waals surface area contributed by atoms with Gasteiger partial charge < -0.3 is 0 Å². The highest BCUT2D eigenvalue weighted by Gasteiger charge is 1.97. The summed E-state index contributed by atoms with van der Waals surface area (Å²) >= 11 is 3.16. The Morgan fingerprint density at radius 2 is 2.27 bits per heavy atom. The Balaban J connectivity index is 3.09. The number of aliphatic imine (C=N–C) groups is 1. The quantitative estimate of drug-likeness (QED) is 0.640. The summed E-state index contributed by atoms with van der Waals surface area (Å²) in [7, 11) is 1.61. The maximum absolute atomic E-state index is 12.9. The van der Waals surface area contributed by atoms with E-state index in [1.54, 1.807) is 19.2 Å². The molecule has 11 heavy (non-hydrogen) atoms. The average Bonchev–Trinajstić information content (AvgIpc) is 1.95. The van der Waals surface area contributed by atoms with Gasteiger partial charge in [0.25, 0.3) is 0 Å². The topological polar surface area (TPSA) is 12.4 Å². The molecule has 0 unspecified atom stereocenters. The molecule has 58 valence electrons. The van der Waals surface area contributed by atoms with Crippen LogP contribution < -0.4 is 0 Å². The van der Waals surface area contributed by atoms with Crippen molar-refractivity contribution >= 4 is 22.1 Å². The molecule has 0 spiro atoms. The minimum Gasteiger partial charge on any atom is -0.296 e. The number of benzene rings is 1. The van der Waals surface area contributed by atoms with Gasteiger partial charge in [0.1, 0.15) is 5.82 Å². The van der Waals surface area contributed by atoms with Crippen LogP contribution in [0, 0.1) is 5.82 Å². The largest absolute Gasteiger partial charge is 0.296 e. The molecule has 0 aliphatic carbocycles. The fraction of sp³-hybridized carbons (Fsp3) is 0.125. The second-order valence-electron chi connectivity index (χ2n) is 2.05. The Morgan fingerprint density at radius 3 is 2.82 bits per heavy atom. The van der Waals surface area contributed by atoms with Gasteiger partial charge in [-0.2, -0.15) is 0 Å². The van der Waals surface area contributed by atoms with Crippen molar-refractivity contribution in [2.75, 3.05) is 7.05 Å². The van der Waals surface area contributed by atoms with Gasteiger partial charge in [0.15, 0.2) is 0 Å². The Morgan fingerprint density at radius 1 is 1.55 bits per heavy atom. The number of nitrogens with zero attached hydrogens (tertiary/aromatic N) is 1. The first-order valence-corrected chi connectivity index (χ1v) is 3.90. The van der Waals surface area contributed by atoms with Gasteiger partial charge in [-0.25, -0.2) is 4.39 Å². The number of rotatable bonds is 1. The molecule has 1 aromatic carbocycles.